The van der Waals surface area contributed by atoms with Crippen LogP contribution in [0.3, 0.4) is 0 Å². The molecule has 180 valence electrons. The number of hydrogen-bond acceptors (Lipinski definition) is 5. The molecule has 1 saturated heterocycles. The zero-order chi connectivity index (χ0) is 24.5. The van der Waals surface area contributed by atoms with Crippen molar-refractivity contribution < 1.29 is 13.9 Å². The second kappa shape index (κ2) is 16.6. The molecule has 0 aromatic carbocycles. The molecule has 2 heterocycles. The number of rotatable bonds is 9. The Labute approximate surface area is 197 Å². The third kappa shape index (κ3) is 11.9. The molecule has 0 saturated carbocycles. The summed E-state index contributed by atoms with van der Waals surface area (Å²) in [5.41, 5.74) is 2.72. The molecule has 33 heavy (non-hydrogen) atoms. The standard InChI is InChI=1S/C22H33FN2O2.C4H4N2/c1-6-18(4)13-21(17(2)3)22(26)25-11-7-9-19(15-25)16-27-12-8-10-20(23)14-24-5;1-2-5-4-6-3-1/h6,8,10,13-14,19,24H,1,7,9,11-12,15-16H2,2-5H3;1-4H/b10-8-,18-13-,20-14+;. The summed E-state index contributed by atoms with van der Waals surface area (Å²) in [6, 6.07) is 1.78. The number of nitrogens with zero attached hydrogens (tertiary/aromatic N) is 3. The van der Waals surface area contributed by atoms with Gasteiger partial charge in [-0.15, -0.1) is 0 Å². The topological polar surface area (TPSA) is 67.3 Å². The molecule has 1 amide bonds. The Morgan fingerprint density at radius 1 is 1.30 bits per heavy atom. The van der Waals surface area contributed by atoms with Crippen LogP contribution in [0.2, 0.25) is 0 Å². The molecule has 1 fully saturated rings. The van der Waals surface area contributed by atoms with Crippen LogP contribution in [0.15, 0.2) is 84.4 Å². The van der Waals surface area contributed by atoms with E-state index in [-0.39, 0.29) is 11.7 Å². The van der Waals surface area contributed by atoms with Crippen molar-refractivity contribution in [2.75, 3.05) is 33.4 Å². The average molecular weight is 457 g/mol. The van der Waals surface area contributed by atoms with E-state index in [0.717, 1.165) is 36.1 Å². The minimum absolute atomic E-state index is 0.0695. The quantitative estimate of drug-likeness (QED) is 0.329. The number of aromatic nitrogens is 2. The summed E-state index contributed by atoms with van der Waals surface area (Å²) >= 11 is 0. The second-order valence-corrected chi connectivity index (χ2v) is 7.93. The predicted molar refractivity (Wildman–Crippen MR) is 132 cm³/mol. The van der Waals surface area contributed by atoms with Gasteiger partial charge in [0.2, 0.25) is 0 Å². The monoisotopic (exact) mass is 456 g/mol. The van der Waals surface area contributed by atoms with Crippen molar-refractivity contribution in [3.8, 4) is 0 Å². The summed E-state index contributed by atoms with van der Waals surface area (Å²) in [5.74, 6) is 0.0319. The van der Waals surface area contributed by atoms with E-state index in [4.69, 9.17) is 4.74 Å². The molecule has 1 N–H and O–H groups in total. The maximum absolute atomic E-state index is 13.2. The molecule has 1 unspecified atom stereocenters. The van der Waals surface area contributed by atoms with Crippen LogP contribution in [-0.2, 0) is 9.53 Å². The van der Waals surface area contributed by atoms with Gasteiger partial charge in [-0.3, -0.25) is 4.79 Å². The molecule has 1 aromatic heterocycles. The van der Waals surface area contributed by atoms with Crippen molar-refractivity contribution in [1.29, 1.82) is 0 Å². The van der Waals surface area contributed by atoms with Gasteiger partial charge >= 0.3 is 0 Å². The Kier molecular flexibility index (Phi) is 14.0. The first-order valence-electron chi connectivity index (χ1n) is 11.1. The number of carbonyl (C=O) groups is 1. The van der Waals surface area contributed by atoms with Crippen LogP contribution >= 0.6 is 0 Å². The zero-order valence-electron chi connectivity index (χ0n) is 20.3. The van der Waals surface area contributed by atoms with Crippen LogP contribution < -0.4 is 5.32 Å². The van der Waals surface area contributed by atoms with Gasteiger partial charge < -0.3 is 15.0 Å². The van der Waals surface area contributed by atoms with E-state index in [0.29, 0.717) is 25.7 Å². The lowest BCUT2D eigenvalue weighted by Gasteiger charge is -2.33. The Balaban J connectivity index is 0.000000779. The molecule has 0 spiro atoms. The summed E-state index contributed by atoms with van der Waals surface area (Å²) in [5, 5.41) is 2.63. The molecule has 1 aromatic rings. The number of likely N-dealkylation sites (tertiary alicyclic amines) is 1. The van der Waals surface area contributed by atoms with Crippen molar-refractivity contribution >= 4 is 5.91 Å². The number of amides is 1. The minimum atomic E-state index is -0.340. The number of hydrogen-bond donors (Lipinski definition) is 1. The molecule has 2 rings (SSSR count). The lowest BCUT2D eigenvalue weighted by molar-refractivity contribution is -0.129. The predicted octanol–water partition coefficient (Wildman–Crippen LogP) is 4.77. The average Bonchev–Trinajstić information content (AvgIpc) is 2.83. The van der Waals surface area contributed by atoms with Gasteiger partial charge in [0.15, 0.2) is 0 Å². The molecule has 1 aliphatic heterocycles. The van der Waals surface area contributed by atoms with Crippen LogP contribution in [0.1, 0.15) is 33.6 Å². The summed E-state index contributed by atoms with van der Waals surface area (Å²) in [6.07, 6.45) is 14.8. The van der Waals surface area contributed by atoms with Crippen molar-refractivity contribution in [2.45, 2.75) is 33.6 Å². The molecular formula is C26H37FN4O2. The first kappa shape index (κ1) is 28.0. The van der Waals surface area contributed by atoms with Crippen LogP contribution in [0.25, 0.3) is 0 Å². The summed E-state index contributed by atoms with van der Waals surface area (Å²) in [6.45, 7) is 12.0. The normalized spacial score (nSPS) is 16.6. The fraction of sp³-hybridized carbons (Fsp3) is 0.423. The number of halogens is 1. The molecule has 0 aliphatic carbocycles. The number of piperidine rings is 1. The Morgan fingerprint density at radius 3 is 2.58 bits per heavy atom. The lowest BCUT2D eigenvalue weighted by atomic mass is 9.97. The highest BCUT2D eigenvalue weighted by Crippen LogP contribution is 2.21. The van der Waals surface area contributed by atoms with E-state index < -0.39 is 0 Å². The highest BCUT2D eigenvalue weighted by Gasteiger charge is 2.25. The summed E-state index contributed by atoms with van der Waals surface area (Å²) < 4.78 is 18.8. The van der Waals surface area contributed by atoms with Crippen LogP contribution in [-0.4, -0.2) is 54.1 Å². The maximum Gasteiger partial charge on any atom is 0.253 e. The molecule has 0 bridgehead atoms. The van der Waals surface area contributed by atoms with E-state index in [9.17, 15) is 9.18 Å². The summed E-state index contributed by atoms with van der Waals surface area (Å²) in [7, 11) is 1.65. The number of allylic oxidation sites excluding steroid dienone is 5. The first-order chi connectivity index (χ1) is 15.9. The van der Waals surface area contributed by atoms with Crippen molar-refractivity contribution in [2.24, 2.45) is 5.92 Å². The Morgan fingerprint density at radius 2 is 2.03 bits per heavy atom. The van der Waals surface area contributed by atoms with Crippen LogP contribution in [0.4, 0.5) is 4.39 Å². The van der Waals surface area contributed by atoms with Gasteiger partial charge in [0.1, 0.15) is 12.2 Å². The van der Waals surface area contributed by atoms with Gasteiger partial charge in [-0.2, -0.15) is 0 Å². The molecular weight excluding hydrogens is 419 g/mol. The number of nitrogens with one attached hydrogen (secondary N) is 1. The van der Waals surface area contributed by atoms with Crippen LogP contribution in [0, 0.1) is 5.92 Å². The number of carbonyl (C=O) groups excluding carboxylic acids is 1. The van der Waals surface area contributed by atoms with Crippen molar-refractivity contribution in [1.82, 2.24) is 20.2 Å². The number of ether oxygens (including phenoxy) is 1. The largest absolute Gasteiger partial charge is 0.392 e. The third-order valence-corrected chi connectivity index (χ3v) is 4.87. The fourth-order valence-electron chi connectivity index (χ4n) is 3.17. The highest BCUT2D eigenvalue weighted by molar-refractivity contribution is 5.97. The fourth-order valence-corrected chi connectivity index (χ4v) is 3.17. The SMILES string of the molecule is C=C/C(C)=C\C(C(=O)N1CCCC(COC/C=C\C(F)=C/NC)C1)=C(C)C.c1cncnc1. The van der Waals surface area contributed by atoms with E-state index in [1.807, 2.05) is 31.7 Å². The molecule has 1 atom stereocenters. The minimum Gasteiger partial charge on any atom is -0.392 e. The summed E-state index contributed by atoms with van der Waals surface area (Å²) in [4.78, 5) is 22.2. The molecule has 0 radical (unpaired) electrons. The van der Waals surface area contributed by atoms with Gasteiger partial charge in [0.25, 0.3) is 5.91 Å². The molecule has 6 nitrogen and oxygen atoms in total. The van der Waals surface area contributed by atoms with E-state index in [2.05, 4.69) is 21.9 Å². The van der Waals surface area contributed by atoms with E-state index >= 15 is 0 Å². The van der Waals surface area contributed by atoms with Gasteiger partial charge in [-0.25, -0.2) is 14.4 Å². The zero-order valence-corrected chi connectivity index (χ0v) is 20.3. The lowest BCUT2D eigenvalue weighted by Crippen LogP contribution is -2.42. The Hall–Kier alpha value is -3.06. The first-order valence-corrected chi connectivity index (χ1v) is 11.1. The van der Waals surface area contributed by atoms with Gasteiger partial charge in [0.05, 0.1) is 13.2 Å². The van der Waals surface area contributed by atoms with Gasteiger partial charge in [-0.05, 0) is 57.7 Å². The highest BCUT2D eigenvalue weighted by atomic mass is 19.1. The Bertz CT molecular complexity index is 816. The smallest absolute Gasteiger partial charge is 0.253 e. The second-order valence-electron chi connectivity index (χ2n) is 7.93. The van der Waals surface area contributed by atoms with E-state index in [1.165, 1.54) is 18.6 Å². The van der Waals surface area contributed by atoms with Gasteiger partial charge in [-0.1, -0.05) is 29.9 Å². The molecule has 1 aliphatic rings. The third-order valence-electron chi connectivity index (χ3n) is 4.87. The van der Waals surface area contributed by atoms with Crippen molar-refractivity contribution in [3.05, 3.63) is 84.4 Å². The molecule has 7 heteroatoms. The van der Waals surface area contributed by atoms with E-state index in [1.54, 1.807) is 37.7 Å². The van der Waals surface area contributed by atoms with Gasteiger partial charge in [0, 0.05) is 44.3 Å². The van der Waals surface area contributed by atoms with Crippen LogP contribution in [0.5, 0.6) is 0 Å². The van der Waals surface area contributed by atoms with Crippen molar-refractivity contribution in [3.63, 3.8) is 0 Å². The maximum atomic E-state index is 13.2.